The Hall–Kier alpha value is -1.75. The first kappa shape index (κ1) is 24.3. The monoisotopic (exact) mass is 402 g/mol. The van der Waals surface area contributed by atoms with Crippen LogP contribution < -0.4 is 5.32 Å². The highest BCUT2D eigenvalue weighted by atomic mass is 16.4. The molecule has 28 heavy (non-hydrogen) atoms. The molecule has 1 heterocycles. The van der Waals surface area contributed by atoms with Gasteiger partial charge in [-0.25, -0.2) is 0 Å². The Morgan fingerprint density at radius 3 is 1.86 bits per heavy atom. The van der Waals surface area contributed by atoms with Gasteiger partial charge in [-0.3, -0.25) is 29.1 Å². The highest BCUT2D eigenvalue weighted by Crippen LogP contribution is 2.25. The van der Waals surface area contributed by atoms with Crippen LogP contribution in [0, 0.1) is 5.41 Å². The summed E-state index contributed by atoms with van der Waals surface area (Å²) in [6, 6.07) is -0.169. The summed E-state index contributed by atoms with van der Waals surface area (Å²) < 4.78 is 0. The largest absolute Gasteiger partial charge is 0.480 e. The van der Waals surface area contributed by atoms with Crippen LogP contribution in [0.3, 0.4) is 0 Å². The molecule has 0 bridgehead atoms. The van der Waals surface area contributed by atoms with Crippen LogP contribution in [0.1, 0.15) is 20.8 Å². The predicted molar refractivity (Wildman–Crippen MR) is 103 cm³/mol. The van der Waals surface area contributed by atoms with Gasteiger partial charge in [0.1, 0.15) is 0 Å². The molecule has 0 spiro atoms. The van der Waals surface area contributed by atoms with Crippen LogP contribution in [0.15, 0.2) is 0 Å². The smallest absolute Gasteiger partial charge is 0.317 e. The van der Waals surface area contributed by atoms with Gasteiger partial charge < -0.3 is 20.6 Å². The van der Waals surface area contributed by atoms with E-state index in [9.17, 15) is 24.6 Å². The third-order valence-electron chi connectivity index (χ3n) is 4.84. The molecule has 1 rings (SSSR count). The van der Waals surface area contributed by atoms with Gasteiger partial charge in [0.25, 0.3) is 0 Å². The minimum atomic E-state index is -0.962. The Labute approximate surface area is 166 Å². The zero-order valence-corrected chi connectivity index (χ0v) is 17.1. The zero-order valence-electron chi connectivity index (χ0n) is 17.1. The van der Waals surface area contributed by atoms with E-state index in [1.165, 1.54) is 0 Å². The maximum absolute atomic E-state index is 11.4. The summed E-state index contributed by atoms with van der Waals surface area (Å²) in [5.74, 6) is -2.80. The summed E-state index contributed by atoms with van der Waals surface area (Å²) >= 11 is 0. The maximum Gasteiger partial charge on any atom is 0.317 e. The fraction of sp³-hybridized carbons (Fsp3) is 0.833. The lowest BCUT2D eigenvalue weighted by atomic mass is 9.85. The van der Waals surface area contributed by atoms with Gasteiger partial charge in [0, 0.05) is 51.9 Å². The number of carboxylic acid groups (broad SMARTS) is 3. The second kappa shape index (κ2) is 11.3. The number of nitrogens with one attached hydrogen (secondary N) is 1. The summed E-state index contributed by atoms with van der Waals surface area (Å²) in [7, 11) is 0. The number of aliphatic carboxylic acids is 3. The van der Waals surface area contributed by atoms with Crippen LogP contribution in [0.25, 0.3) is 0 Å². The van der Waals surface area contributed by atoms with Crippen molar-refractivity contribution in [2.75, 3.05) is 65.4 Å². The van der Waals surface area contributed by atoms with Gasteiger partial charge in [-0.2, -0.15) is 0 Å². The first-order valence-corrected chi connectivity index (χ1v) is 9.54. The van der Waals surface area contributed by atoms with E-state index in [2.05, 4.69) is 5.32 Å². The molecule has 0 aromatic rings. The predicted octanol–water partition coefficient (Wildman–Crippen LogP) is -0.836. The van der Waals surface area contributed by atoms with Gasteiger partial charge in [-0.1, -0.05) is 20.8 Å². The summed E-state index contributed by atoms with van der Waals surface area (Å²) in [6.45, 7) is 9.05. The Morgan fingerprint density at radius 1 is 0.821 bits per heavy atom. The molecule has 1 unspecified atom stereocenters. The maximum atomic E-state index is 11.4. The van der Waals surface area contributed by atoms with Gasteiger partial charge in [-0.05, 0) is 5.41 Å². The fourth-order valence-corrected chi connectivity index (χ4v) is 3.46. The van der Waals surface area contributed by atoms with Crippen molar-refractivity contribution < 1.29 is 29.7 Å². The van der Waals surface area contributed by atoms with E-state index in [1.807, 2.05) is 25.7 Å². The average Bonchev–Trinajstić information content (AvgIpc) is 2.51. The molecule has 0 aromatic carbocycles. The second-order valence-corrected chi connectivity index (χ2v) is 8.29. The van der Waals surface area contributed by atoms with Gasteiger partial charge in [0.05, 0.1) is 19.6 Å². The third-order valence-corrected chi connectivity index (χ3v) is 4.84. The van der Waals surface area contributed by atoms with Gasteiger partial charge in [0.2, 0.25) is 0 Å². The number of hydrogen-bond acceptors (Lipinski definition) is 7. The molecule has 10 heteroatoms. The van der Waals surface area contributed by atoms with Crippen molar-refractivity contribution in [1.29, 1.82) is 0 Å². The molecular weight excluding hydrogens is 368 g/mol. The molecule has 1 saturated heterocycles. The second-order valence-electron chi connectivity index (χ2n) is 8.29. The lowest BCUT2D eigenvalue weighted by Gasteiger charge is -2.42. The lowest BCUT2D eigenvalue weighted by Crippen LogP contribution is -2.56. The topological polar surface area (TPSA) is 134 Å². The number of hydrogen-bond donors (Lipinski definition) is 4. The van der Waals surface area contributed by atoms with E-state index in [-0.39, 0.29) is 31.1 Å². The summed E-state index contributed by atoms with van der Waals surface area (Å²) in [5.41, 5.74) is -0.267. The van der Waals surface area contributed by atoms with Crippen molar-refractivity contribution in [3.63, 3.8) is 0 Å². The molecule has 0 saturated carbocycles. The lowest BCUT2D eigenvalue weighted by molar-refractivity contribution is -0.142. The normalized spacial score (nSPS) is 22.2. The summed E-state index contributed by atoms with van der Waals surface area (Å²) in [4.78, 5) is 39.3. The molecular formula is C18H34N4O6. The molecule has 1 aliphatic rings. The van der Waals surface area contributed by atoms with Crippen LogP contribution in [0.4, 0.5) is 0 Å². The number of nitrogens with zero attached hydrogens (tertiary/aromatic N) is 3. The Bertz CT molecular complexity index is 537. The van der Waals surface area contributed by atoms with Crippen molar-refractivity contribution in [2.24, 2.45) is 5.41 Å². The van der Waals surface area contributed by atoms with Crippen molar-refractivity contribution in [2.45, 2.75) is 26.8 Å². The fourth-order valence-electron chi connectivity index (χ4n) is 3.46. The summed E-state index contributed by atoms with van der Waals surface area (Å²) in [6.07, 6.45) is 0. The zero-order chi connectivity index (χ0) is 21.3. The van der Waals surface area contributed by atoms with E-state index < -0.39 is 17.9 Å². The highest BCUT2D eigenvalue weighted by molar-refractivity contribution is 5.70. The number of rotatable bonds is 6. The minimum absolute atomic E-state index is 0.101. The number of carboxylic acids is 3. The van der Waals surface area contributed by atoms with Crippen LogP contribution in [-0.2, 0) is 14.4 Å². The highest BCUT2D eigenvalue weighted by Gasteiger charge is 2.33. The van der Waals surface area contributed by atoms with Crippen LogP contribution >= 0.6 is 0 Å². The average molecular weight is 402 g/mol. The van der Waals surface area contributed by atoms with Gasteiger partial charge in [-0.15, -0.1) is 0 Å². The molecule has 10 nitrogen and oxygen atoms in total. The van der Waals surface area contributed by atoms with Crippen molar-refractivity contribution in [3.8, 4) is 0 Å². The molecule has 0 aromatic heterocycles. The van der Waals surface area contributed by atoms with E-state index in [0.29, 0.717) is 45.8 Å². The Morgan fingerprint density at radius 2 is 1.32 bits per heavy atom. The minimum Gasteiger partial charge on any atom is -0.480 e. The van der Waals surface area contributed by atoms with E-state index >= 15 is 0 Å². The van der Waals surface area contributed by atoms with E-state index in [4.69, 9.17) is 5.11 Å². The molecule has 0 aliphatic carbocycles. The van der Waals surface area contributed by atoms with Crippen molar-refractivity contribution in [3.05, 3.63) is 0 Å². The molecule has 1 fully saturated rings. The number of carbonyl (C=O) groups is 3. The SMILES string of the molecule is CC(C)(C)C1CN(CC(=O)O)CCN(CC(=O)O)CCNCCN1CC(=O)O. The molecule has 1 aliphatic heterocycles. The van der Waals surface area contributed by atoms with Crippen LogP contribution in [0.2, 0.25) is 0 Å². The van der Waals surface area contributed by atoms with Crippen molar-refractivity contribution in [1.82, 2.24) is 20.0 Å². The first-order valence-electron chi connectivity index (χ1n) is 9.54. The molecule has 162 valence electrons. The van der Waals surface area contributed by atoms with E-state index in [1.54, 1.807) is 9.80 Å². The van der Waals surface area contributed by atoms with Gasteiger partial charge in [0.15, 0.2) is 0 Å². The Balaban J connectivity index is 3.07. The first-order chi connectivity index (χ1) is 13.0. The quantitative estimate of drug-likeness (QED) is 0.446. The standard InChI is InChI=1S/C18H34N4O6/c1-18(2,3)14-10-21(12-16(25)26)9-8-20(11-15(23)24)6-4-19-5-7-22(14)13-17(27)28/h14,19H,4-13H2,1-3H3,(H,23,24)(H,25,26)(H,27,28). The molecule has 1 atom stereocenters. The van der Waals surface area contributed by atoms with E-state index in [0.717, 1.165) is 0 Å². The molecule has 4 N–H and O–H groups in total. The van der Waals surface area contributed by atoms with Gasteiger partial charge >= 0.3 is 17.9 Å². The van der Waals surface area contributed by atoms with Crippen LogP contribution in [-0.4, -0.2) is 119 Å². The van der Waals surface area contributed by atoms with Crippen LogP contribution in [0.5, 0.6) is 0 Å². The Kier molecular flexibility index (Phi) is 9.80. The molecule has 0 amide bonds. The third kappa shape index (κ3) is 9.45. The summed E-state index contributed by atoms with van der Waals surface area (Å²) in [5, 5.41) is 31.0. The van der Waals surface area contributed by atoms with Crippen molar-refractivity contribution >= 4 is 17.9 Å². The molecule has 0 radical (unpaired) electrons.